The molecule has 2 aliphatic rings. The SMILES string of the molecule is Cl.Cl.Fc1ccc(C[C@@H]2CCC[C@@H]2n2ccnc2-c2cc3n(n2)CCNC3)cc1. The van der Waals surface area contributed by atoms with E-state index in [0.29, 0.717) is 12.0 Å². The molecule has 3 heterocycles. The van der Waals surface area contributed by atoms with Gasteiger partial charge in [-0.15, -0.1) is 24.8 Å². The Hall–Kier alpha value is -1.89. The van der Waals surface area contributed by atoms with Crippen LogP contribution in [0.3, 0.4) is 0 Å². The van der Waals surface area contributed by atoms with E-state index in [9.17, 15) is 4.39 Å². The van der Waals surface area contributed by atoms with Crippen LogP contribution in [0.1, 0.15) is 36.6 Å². The van der Waals surface area contributed by atoms with E-state index in [-0.39, 0.29) is 30.6 Å². The van der Waals surface area contributed by atoms with Crippen molar-refractivity contribution in [2.75, 3.05) is 6.54 Å². The lowest BCUT2D eigenvalue weighted by Gasteiger charge is -2.23. The summed E-state index contributed by atoms with van der Waals surface area (Å²) < 4.78 is 17.6. The van der Waals surface area contributed by atoms with Crippen LogP contribution < -0.4 is 5.32 Å². The van der Waals surface area contributed by atoms with Gasteiger partial charge in [0.1, 0.15) is 11.5 Å². The van der Waals surface area contributed by atoms with E-state index in [1.807, 2.05) is 18.3 Å². The van der Waals surface area contributed by atoms with Crippen LogP contribution in [0, 0.1) is 11.7 Å². The molecule has 0 spiro atoms. The van der Waals surface area contributed by atoms with E-state index in [0.717, 1.165) is 44.0 Å². The number of halogens is 3. The molecule has 5 nitrogen and oxygen atoms in total. The normalized spacial score (nSPS) is 20.6. The number of hydrogen-bond acceptors (Lipinski definition) is 3. The highest BCUT2D eigenvalue weighted by Crippen LogP contribution is 2.40. The van der Waals surface area contributed by atoms with E-state index >= 15 is 0 Å². The molecule has 0 amide bonds. The van der Waals surface area contributed by atoms with Gasteiger partial charge in [0.25, 0.3) is 0 Å². The Labute approximate surface area is 182 Å². The van der Waals surface area contributed by atoms with Crippen molar-refractivity contribution in [1.29, 1.82) is 0 Å². The highest BCUT2D eigenvalue weighted by atomic mass is 35.5. The summed E-state index contributed by atoms with van der Waals surface area (Å²) in [5.74, 6) is 1.34. The molecule has 1 aliphatic heterocycles. The summed E-state index contributed by atoms with van der Waals surface area (Å²) in [6.45, 7) is 2.74. The Bertz CT molecular complexity index is 913. The van der Waals surface area contributed by atoms with Crippen LogP contribution in [0.15, 0.2) is 42.7 Å². The van der Waals surface area contributed by atoms with Crippen molar-refractivity contribution in [3.8, 4) is 11.5 Å². The van der Waals surface area contributed by atoms with Crippen LogP contribution >= 0.6 is 24.8 Å². The minimum Gasteiger partial charge on any atom is -0.326 e. The van der Waals surface area contributed by atoms with Crippen molar-refractivity contribution >= 4 is 24.8 Å². The Morgan fingerprint density at radius 3 is 2.76 bits per heavy atom. The van der Waals surface area contributed by atoms with Crippen molar-refractivity contribution in [3.05, 3.63) is 59.8 Å². The summed E-state index contributed by atoms with van der Waals surface area (Å²) >= 11 is 0. The first-order chi connectivity index (χ1) is 13.3. The van der Waals surface area contributed by atoms with Crippen molar-refractivity contribution in [2.45, 2.75) is 44.8 Å². The van der Waals surface area contributed by atoms with Gasteiger partial charge in [-0.1, -0.05) is 18.6 Å². The second kappa shape index (κ2) is 9.28. The molecule has 29 heavy (non-hydrogen) atoms. The second-order valence-corrected chi connectivity index (χ2v) is 7.67. The minimum absolute atomic E-state index is 0. The second-order valence-electron chi connectivity index (χ2n) is 7.67. The monoisotopic (exact) mass is 437 g/mol. The number of benzene rings is 1. The maximum atomic E-state index is 13.2. The summed E-state index contributed by atoms with van der Waals surface area (Å²) in [6.07, 6.45) is 8.54. The molecular weight excluding hydrogens is 412 g/mol. The molecule has 8 heteroatoms. The molecule has 0 unspecified atom stereocenters. The highest BCUT2D eigenvalue weighted by molar-refractivity contribution is 5.85. The molecule has 2 aromatic heterocycles. The third kappa shape index (κ3) is 4.34. The fraction of sp³-hybridized carbons (Fsp3) is 0.429. The number of nitrogens with one attached hydrogen (secondary N) is 1. The molecule has 0 saturated heterocycles. The first kappa shape index (κ1) is 21.8. The van der Waals surface area contributed by atoms with Crippen LogP contribution in [0.25, 0.3) is 11.5 Å². The summed E-state index contributed by atoms with van der Waals surface area (Å²) in [4.78, 5) is 4.64. The maximum absolute atomic E-state index is 13.2. The molecule has 0 bridgehead atoms. The molecule has 0 radical (unpaired) electrons. The van der Waals surface area contributed by atoms with Crippen LogP contribution in [-0.4, -0.2) is 25.9 Å². The van der Waals surface area contributed by atoms with Gasteiger partial charge in [-0.05, 0) is 48.9 Å². The summed E-state index contributed by atoms with van der Waals surface area (Å²) in [6, 6.07) is 9.53. The van der Waals surface area contributed by atoms with Crippen LogP contribution in [0.4, 0.5) is 4.39 Å². The molecule has 1 aromatic carbocycles. The molecular formula is C21H26Cl2FN5. The van der Waals surface area contributed by atoms with Gasteiger partial charge in [-0.25, -0.2) is 9.37 Å². The van der Waals surface area contributed by atoms with Crippen molar-refractivity contribution in [3.63, 3.8) is 0 Å². The van der Waals surface area contributed by atoms with Gasteiger partial charge in [0.15, 0.2) is 5.82 Å². The number of aromatic nitrogens is 4. The Kier molecular flexibility index (Phi) is 6.98. The average molecular weight is 438 g/mol. The van der Waals surface area contributed by atoms with E-state index in [2.05, 4.69) is 31.8 Å². The topological polar surface area (TPSA) is 47.7 Å². The molecule has 156 valence electrons. The molecule has 1 N–H and O–H groups in total. The lowest BCUT2D eigenvalue weighted by molar-refractivity contribution is 0.380. The highest BCUT2D eigenvalue weighted by Gasteiger charge is 2.31. The lowest BCUT2D eigenvalue weighted by Crippen LogP contribution is -2.28. The van der Waals surface area contributed by atoms with Gasteiger partial charge >= 0.3 is 0 Å². The summed E-state index contributed by atoms with van der Waals surface area (Å²) in [5.41, 5.74) is 3.39. The quantitative estimate of drug-likeness (QED) is 0.656. The zero-order valence-electron chi connectivity index (χ0n) is 16.1. The molecule has 1 aliphatic carbocycles. The predicted octanol–water partition coefficient (Wildman–Crippen LogP) is 4.42. The Balaban J connectivity index is 0.00000120. The molecule has 2 atom stereocenters. The summed E-state index contributed by atoms with van der Waals surface area (Å²) in [5, 5.41) is 8.19. The van der Waals surface area contributed by atoms with Crippen molar-refractivity contribution < 1.29 is 4.39 Å². The zero-order chi connectivity index (χ0) is 18.2. The lowest BCUT2D eigenvalue weighted by atomic mass is 9.94. The number of rotatable bonds is 4. The average Bonchev–Trinajstić information content (AvgIpc) is 3.41. The Morgan fingerprint density at radius 1 is 1.14 bits per heavy atom. The fourth-order valence-corrected chi connectivity index (χ4v) is 4.63. The number of fused-ring (bicyclic) bond motifs is 1. The van der Waals surface area contributed by atoms with E-state index < -0.39 is 0 Å². The van der Waals surface area contributed by atoms with E-state index in [1.165, 1.54) is 24.1 Å². The van der Waals surface area contributed by atoms with E-state index in [1.54, 1.807) is 12.1 Å². The molecule has 5 rings (SSSR count). The van der Waals surface area contributed by atoms with Gasteiger partial charge in [0.05, 0.1) is 12.2 Å². The number of hydrogen-bond donors (Lipinski definition) is 1. The maximum Gasteiger partial charge on any atom is 0.160 e. The first-order valence-corrected chi connectivity index (χ1v) is 9.83. The van der Waals surface area contributed by atoms with Gasteiger partial charge in [0.2, 0.25) is 0 Å². The van der Waals surface area contributed by atoms with Crippen molar-refractivity contribution in [1.82, 2.24) is 24.6 Å². The summed E-state index contributed by atoms with van der Waals surface area (Å²) in [7, 11) is 0. The first-order valence-electron chi connectivity index (χ1n) is 9.83. The third-order valence-corrected chi connectivity index (χ3v) is 5.95. The Morgan fingerprint density at radius 2 is 1.97 bits per heavy atom. The van der Waals surface area contributed by atoms with Gasteiger partial charge < -0.3 is 9.88 Å². The molecule has 3 aromatic rings. The molecule has 1 fully saturated rings. The third-order valence-electron chi connectivity index (χ3n) is 5.95. The number of imidazole rings is 1. The van der Waals surface area contributed by atoms with Crippen LogP contribution in [0.5, 0.6) is 0 Å². The minimum atomic E-state index is -0.170. The van der Waals surface area contributed by atoms with Gasteiger partial charge in [-0.3, -0.25) is 4.68 Å². The van der Waals surface area contributed by atoms with Gasteiger partial charge in [-0.2, -0.15) is 5.10 Å². The van der Waals surface area contributed by atoms with Gasteiger partial charge in [0, 0.05) is 31.5 Å². The smallest absolute Gasteiger partial charge is 0.160 e. The largest absolute Gasteiger partial charge is 0.326 e. The zero-order valence-corrected chi connectivity index (χ0v) is 17.8. The van der Waals surface area contributed by atoms with Crippen molar-refractivity contribution in [2.24, 2.45) is 5.92 Å². The standard InChI is InChI=1S/C21H24FN5.2ClH/c22-17-6-4-15(5-7-17)12-16-2-1-3-20(16)26-10-9-24-21(26)19-13-18-14-23-8-11-27(18)25-19;;/h4-7,9-10,13,16,20,23H,1-3,8,11-12,14H2;2*1H/t16-,20-;;/m0../s1. The fourth-order valence-electron chi connectivity index (χ4n) is 4.63. The van der Waals surface area contributed by atoms with Crippen LogP contribution in [-0.2, 0) is 19.5 Å². The van der Waals surface area contributed by atoms with Crippen LogP contribution in [0.2, 0.25) is 0 Å². The van der Waals surface area contributed by atoms with E-state index in [4.69, 9.17) is 5.10 Å². The molecule has 1 saturated carbocycles. The predicted molar refractivity (Wildman–Crippen MR) is 116 cm³/mol. The number of nitrogens with zero attached hydrogens (tertiary/aromatic N) is 4.